The van der Waals surface area contributed by atoms with Crippen LogP contribution in [0, 0.1) is 17.3 Å². The number of aliphatic hydroxyl groups excluding tert-OH is 1. The summed E-state index contributed by atoms with van der Waals surface area (Å²) in [6, 6.07) is 0. The summed E-state index contributed by atoms with van der Waals surface area (Å²) in [6.07, 6.45) is -4.30. The highest BCUT2D eigenvalue weighted by atomic mass is 16.7. The van der Waals surface area contributed by atoms with E-state index in [1.54, 1.807) is 33.8 Å². The van der Waals surface area contributed by atoms with E-state index in [2.05, 4.69) is 0 Å². The number of hydrogen-bond donors (Lipinski definition) is 1. The number of carbonyl (C=O) groups is 5. The molecule has 1 spiro atoms. The van der Waals surface area contributed by atoms with Crippen molar-refractivity contribution in [3.8, 4) is 0 Å². The highest BCUT2D eigenvalue weighted by Crippen LogP contribution is 2.65. The van der Waals surface area contributed by atoms with Crippen LogP contribution in [-0.4, -0.2) is 82.8 Å². The number of fused-ring (bicyclic) bond motifs is 1. The molecule has 0 radical (unpaired) electrons. The molecule has 0 aromatic heterocycles. The Morgan fingerprint density at radius 2 is 1.60 bits per heavy atom. The van der Waals surface area contributed by atoms with Crippen molar-refractivity contribution in [2.75, 3.05) is 0 Å². The van der Waals surface area contributed by atoms with Crippen LogP contribution in [0.4, 0.5) is 0 Å². The van der Waals surface area contributed by atoms with Gasteiger partial charge in [-0.15, -0.1) is 0 Å². The third-order valence-electron chi connectivity index (χ3n) is 9.45. The summed E-state index contributed by atoms with van der Waals surface area (Å²) in [7, 11) is 0. The zero-order valence-corrected chi connectivity index (χ0v) is 25.5. The number of hydrogen-bond acceptors (Lipinski definition) is 12. The zero-order chi connectivity index (χ0) is 31.4. The molecule has 234 valence electrons. The van der Waals surface area contributed by atoms with Crippen LogP contribution >= 0.6 is 0 Å². The van der Waals surface area contributed by atoms with E-state index in [0.717, 1.165) is 0 Å². The molecule has 2 heterocycles. The first-order valence-corrected chi connectivity index (χ1v) is 14.5. The molecular weight excluding hydrogens is 552 g/mol. The predicted octanol–water partition coefficient (Wildman–Crippen LogP) is 2.32. The van der Waals surface area contributed by atoms with Gasteiger partial charge in [-0.3, -0.25) is 19.2 Å². The van der Waals surface area contributed by atoms with Crippen molar-refractivity contribution in [1.29, 1.82) is 0 Å². The summed E-state index contributed by atoms with van der Waals surface area (Å²) < 4.78 is 35.8. The molecule has 3 fully saturated rings. The van der Waals surface area contributed by atoms with Crippen LogP contribution in [0.5, 0.6) is 0 Å². The minimum absolute atomic E-state index is 0.0350. The average molecular weight is 595 g/mol. The standard InChI is InChI=1S/C30H42O12/c1-9-10-23(35)40-20-11-14(2)12-22-30(29(8,42-30)27(36)41-22)26(39-18(6)33)24-15(3)19(34)13-21(37-16(4)31)28(24,7)25(20)38-17(5)32/h12,15,19-22,24-26,34H,9-11,13H2,1-8H3/b14-12-/t15-,19-,20-,21-,22-,24+,25-,26-,28-,29-,30-/m0/s1. The Morgan fingerprint density at radius 3 is 2.14 bits per heavy atom. The Bertz CT molecular complexity index is 1180. The number of carbonyl (C=O) groups excluding carboxylic acids is 5. The summed E-state index contributed by atoms with van der Waals surface area (Å²) in [5, 5.41) is 11.3. The SMILES string of the molecule is CCCC(=O)O[C@H]1C/C(C)=C\[C@@H]2OC(=O)[C@]3(C)O[C@]23[C@@H](OC(C)=O)[C@H]2[C@@H](C)[C@@H](O)C[C@H](OC(C)=O)[C@]2(C)[C@H]1OC(C)=O. The molecule has 11 atom stereocenters. The Kier molecular flexibility index (Phi) is 8.56. The van der Waals surface area contributed by atoms with Crippen LogP contribution in [0.3, 0.4) is 0 Å². The number of aliphatic hydroxyl groups is 1. The van der Waals surface area contributed by atoms with Crippen LogP contribution < -0.4 is 0 Å². The molecule has 0 aromatic rings. The molecule has 12 heteroatoms. The van der Waals surface area contributed by atoms with Gasteiger partial charge in [-0.2, -0.15) is 0 Å². The van der Waals surface area contributed by atoms with Crippen molar-refractivity contribution in [3.63, 3.8) is 0 Å². The molecule has 2 saturated heterocycles. The topological polar surface area (TPSA) is 164 Å². The molecule has 0 bridgehead atoms. The van der Waals surface area contributed by atoms with Gasteiger partial charge in [-0.1, -0.05) is 26.3 Å². The van der Waals surface area contributed by atoms with E-state index in [-0.39, 0.29) is 19.3 Å². The number of esters is 5. The first kappa shape index (κ1) is 31.9. The zero-order valence-electron chi connectivity index (χ0n) is 25.5. The maximum atomic E-state index is 13.1. The van der Waals surface area contributed by atoms with Crippen LogP contribution in [0.15, 0.2) is 11.6 Å². The fraction of sp³-hybridized carbons (Fsp3) is 0.767. The van der Waals surface area contributed by atoms with Crippen molar-refractivity contribution in [1.82, 2.24) is 0 Å². The van der Waals surface area contributed by atoms with E-state index in [0.29, 0.717) is 12.0 Å². The van der Waals surface area contributed by atoms with Gasteiger partial charge in [-0.05, 0) is 32.3 Å². The molecule has 0 unspecified atom stereocenters. The third-order valence-corrected chi connectivity index (χ3v) is 9.45. The van der Waals surface area contributed by atoms with Crippen LogP contribution in [0.2, 0.25) is 0 Å². The largest absolute Gasteiger partial charge is 0.462 e. The number of epoxide rings is 1. The Labute approximate surface area is 245 Å². The first-order chi connectivity index (χ1) is 19.5. The monoisotopic (exact) mass is 594 g/mol. The van der Waals surface area contributed by atoms with E-state index in [4.69, 9.17) is 28.4 Å². The van der Waals surface area contributed by atoms with Gasteiger partial charge in [0.25, 0.3) is 0 Å². The maximum absolute atomic E-state index is 13.1. The molecule has 2 aliphatic heterocycles. The molecule has 12 nitrogen and oxygen atoms in total. The second-order valence-corrected chi connectivity index (χ2v) is 12.5. The summed E-state index contributed by atoms with van der Waals surface area (Å²) in [4.78, 5) is 63.9. The highest BCUT2D eigenvalue weighted by molar-refractivity contribution is 5.89. The quantitative estimate of drug-likeness (QED) is 0.207. The molecule has 1 N–H and O–H groups in total. The second kappa shape index (κ2) is 11.3. The maximum Gasteiger partial charge on any atom is 0.342 e. The highest BCUT2D eigenvalue weighted by Gasteiger charge is 2.87. The molecule has 4 rings (SSSR count). The van der Waals surface area contributed by atoms with Crippen molar-refractivity contribution < 1.29 is 57.5 Å². The lowest BCUT2D eigenvalue weighted by molar-refractivity contribution is -0.245. The van der Waals surface area contributed by atoms with E-state index in [1.807, 2.05) is 6.92 Å². The van der Waals surface area contributed by atoms with Gasteiger partial charge in [0.2, 0.25) is 0 Å². The van der Waals surface area contributed by atoms with E-state index in [9.17, 15) is 29.1 Å². The van der Waals surface area contributed by atoms with Gasteiger partial charge in [0.15, 0.2) is 17.3 Å². The van der Waals surface area contributed by atoms with Gasteiger partial charge in [0, 0.05) is 46.0 Å². The Balaban J connectivity index is 2.04. The summed E-state index contributed by atoms with van der Waals surface area (Å²) in [5.41, 5.74) is -3.75. The second-order valence-electron chi connectivity index (χ2n) is 12.5. The van der Waals surface area contributed by atoms with Gasteiger partial charge in [-0.25, -0.2) is 4.79 Å². The number of ether oxygens (including phenoxy) is 6. The fourth-order valence-electron chi connectivity index (χ4n) is 7.54. The minimum atomic E-state index is -1.48. The Hall–Kier alpha value is -2.99. The summed E-state index contributed by atoms with van der Waals surface area (Å²) in [6.45, 7) is 12.2. The van der Waals surface area contributed by atoms with Crippen molar-refractivity contribution in [3.05, 3.63) is 11.6 Å². The summed E-state index contributed by atoms with van der Waals surface area (Å²) in [5.74, 6) is -4.78. The predicted molar refractivity (Wildman–Crippen MR) is 143 cm³/mol. The lowest BCUT2D eigenvalue weighted by Crippen LogP contribution is -2.68. The Morgan fingerprint density at radius 1 is 1.00 bits per heavy atom. The molecule has 0 aromatic carbocycles. The van der Waals surface area contributed by atoms with E-state index in [1.165, 1.54) is 20.8 Å². The molecule has 4 aliphatic rings. The lowest BCUT2D eigenvalue weighted by Gasteiger charge is -2.57. The first-order valence-electron chi connectivity index (χ1n) is 14.5. The lowest BCUT2D eigenvalue weighted by atomic mass is 9.53. The van der Waals surface area contributed by atoms with Crippen molar-refractivity contribution in [2.45, 2.75) is 129 Å². The van der Waals surface area contributed by atoms with Crippen molar-refractivity contribution in [2.24, 2.45) is 17.3 Å². The molecule has 1 saturated carbocycles. The molecule has 2 aliphatic carbocycles. The van der Waals surface area contributed by atoms with Crippen molar-refractivity contribution >= 4 is 29.8 Å². The molecule has 0 amide bonds. The summed E-state index contributed by atoms with van der Waals surface area (Å²) >= 11 is 0. The minimum Gasteiger partial charge on any atom is -0.462 e. The average Bonchev–Trinajstić information content (AvgIpc) is 3.45. The molecule has 42 heavy (non-hydrogen) atoms. The fourth-order valence-corrected chi connectivity index (χ4v) is 7.54. The van der Waals surface area contributed by atoms with Gasteiger partial charge < -0.3 is 33.5 Å². The third kappa shape index (κ3) is 5.10. The smallest absolute Gasteiger partial charge is 0.342 e. The van der Waals surface area contributed by atoms with Gasteiger partial charge in [0.1, 0.15) is 24.4 Å². The van der Waals surface area contributed by atoms with E-state index < -0.39 is 94.9 Å². The van der Waals surface area contributed by atoms with Crippen LogP contribution in [0.25, 0.3) is 0 Å². The normalized spacial score (nSPS) is 43.6. The van der Waals surface area contributed by atoms with Crippen LogP contribution in [-0.2, 0) is 52.4 Å². The number of rotatable bonds is 6. The van der Waals surface area contributed by atoms with Gasteiger partial charge in [0.05, 0.1) is 11.5 Å². The molecular formula is C30H42O12. The van der Waals surface area contributed by atoms with Gasteiger partial charge >= 0.3 is 29.8 Å². The van der Waals surface area contributed by atoms with E-state index >= 15 is 0 Å². The van der Waals surface area contributed by atoms with Crippen LogP contribution in [0.1, 0.15) is 81.1 Å².